The largest absolute Gasteiger partial charge is 0.490 e. The normalized spacial score (nSPS) is 31.2. The molecule has 1 spiro atoms. The molecule has 1 saturated carbocycles. The highest BCUT2D eigenvalue weighted by Crippen LogP contribution is 2.47. The molecule has 44 heavy (non-hydrogen) atoms. The number of esters is 1. The first-order valence-corrected chi connectivity index (χ1v) is 16.1. The molecule has 8 nitrogen and oxygen atoms in total. The number of methoxy groups -OCH3 is 2. The number of rotatable bonds is 2. The summed E-state index contributed by atoms with van der Waals surface area (Å²) in [6, 6.07) is 11.6. The lowest BCUT2D eigenvalue weighted by Crippen LogP contribution is -2.49. The van der Waals surface area contributed by atoms with E-state index in [4.69, 9.17) is 25.8 Å². The van der Waals surface area contributed by atoms with Gasteiger partial charge >= 0.3 is 5.97 Å². The van der Waals surface area contributed by atoms with Gasteiger partial charge in [-0.15, -0.1) is 0 Å². The van der Waals surface area contributed by atoms with Gasteiger partial charge in [0.1, 0.15) is 5.75 Å². The van der Waals surface area contributed by atoms with Crippen molar-refractivity contribution in [3.05, 3.63) is 70.3 Å². The van der Waals surface area contributed by atoms with Crippen LogP contribution >= 0.6 is 11.6 Å². The Hall–Kier alpha value is -3.07. The molecule has 1 N–H and O–H groups in total. The second-order valence-corrected chi connectivity index (χ2v) is 13.5. The third-order valence-electron chi connectivity index (χ3n) is 10.5. The average molecular weight is 623 g/mol. The fourth-order valence-corrected chi connectivity index (χ4v) is 7.94. The lowest BCUT2D eigenvalue weighted by molar-refractivity contribution is -0.168. The van der Waals surface area contributed by atoms with Crippen LogP contribution in [-0.2, 0) is 36.5 Å². The van der Waals surface area contributed by atoms with Crippen molar-refractivity contribution >= 4 is 29.2 Å². The monoisotopic (exact) mass is 622 g/mol. The van der Waals surface area contributed by atoms with Crippen LogP contribution in [0.5, 0.6) is 5.75 Å². The van der Waals surface area contributed by atoms with E-state index in [1.165, 1.54) is 18.2 Å². The van der Waals surface area contributed by atoms with Crippen LogP contribution in [0.4, 0.5) is 5.69 Å². The quantitative estimate of drug-likeness (QED) is 0.372. The molecule has 2 aromatic rings. The van der Waals surface area contributed by atoms with Gasteiger partial charge in [0.25, 0.3) is 0 Å². The van der Waals surface area contributed by atoms with Gasteiger partial charge in [-0.05, 0) is 91.3 Å². The number of nitrogens with zero attached hydrogens (tertiary/aromatic N) is 2. The minimum atomic E-state index is -2.15. The standard InChI is InChI=1S/C35H43ClN2O6/c1-37-16-5-4-8-30(42-2)27-12-9-24(27)20-38-21-34(15-6-7-23-17-26(36)11-13-28(23)34)22-44-31-14-10-25(18-29(31)38)35(41,19-32(37)39)33(40)43-3/h4,8,10-11,13-14,17-18,24,27,30,41H,5-7,9,12,15-16,19-22H2,1-3H3/b8-4-/t24-,27+,30-,34-,35+/m0/s1. The number of aryl methyl sites for hydroxylation is 1. The molecule has 0 unspecified atom stereocenters. The summed E-state index contributed by atoms with van der Waals surface area (Å²) in [6.07, 6.45) is 9.58. The summed E-state index contributed by atoms with van der Waals surface area (Å²) < 4.78 is 17.7. The van der Waals surface area contributed by atoms with Gasteiger partial charge in [0, 0.05) is 44.2 Å². The fraction of sp³-hybridized carbons (Fsp3) is 0.543. The molecular weight excluding hydrogens is 580 g/mol. The van der Waals surface area contributed by atoms with Crippen LogP contribution in [0.1, 0.15) is 55.2 Å². The Labute approximate surface area is 264 Å². The first-order valence-electron chi connectivity index (χ1n) is 15.7. The van der Waals surface area contributed by atoms with Crippen molar-refractivity contribution in [3.63, 3.8) is 0 Å². The van der Waals surface area contributed by atoms with Crippen molar-refractivity contribution in [2.45, 2.75) is 62.1 Å². The highest BCUT2D eigenvalue weighted by Gasteiger charge is 2.46. The van der Waals surface area contributed by atoms with Crippen LogP contribution in [0, 0.1) is 11.8 Å². The smallest absolute Gasteiger partial charge is 0.343 e. The van der Waals surface area contributed by atoms with Gasteiger partial charge in [0.05, 0.1) is 31.9 Å². The van der Waals surface area contributed by atoms with Crippen LogP contribution in [0.3, 0.4) is 0 Å². The Morgan fingerprint density at radius 1 is 1.16 bits per heavy atom. The number of carbonyl (C=O) groups excluding carboxylic acids is 2. The maximum absolute atomic E-state index is 13.3. The van der Waals surface area contributed by atoms with E-state index in [0.29, 0.717) is 49.3 Å². The number of benzene rings is 2. The highest BCUT2D eigenvalue weighted by atomic mass is 35.5. The van der Waals surface area contributed by atoms with Gasteiger partial charge in [0.2, 0.25) is 5.91 Å². The summed E-state index contributed by atoms with van der Waals surface area (Å²) >= 11 is 6.43. The third kappa shape index (κ3) is 5.61. The zero-order valence-corrected chi connectivity index (χ0v) is 26.6. The van der Waals surface area contributed by atoms with E-state index >= 15 is 0 Å². The summed E-state index contributed by atoms with van der Waals surface area (Å²) in [6.45, 7) is 2.46. The number of fused-ring (bicyclic) bond motifs is 4. The molecule has 1 fully saturated rings. The summed E-state index contributed by atoms with van der Waals surface area (Å²) in [7, 11) is 4.69. The van der Waals surface area contributed by atoms with Crippen molar-refractivity contribution in [2.24, 2.45) is 11.8 Å². The van der Waals surface area contributed by atoms with Gasteiger partial charge < -0.3 is 29.1 Å². The van der Waals surface area contributed by atoms with E-state index in [-0.39, 0.29) is 17.4 Å². The first kappa shape index (κ1) is 30.9. The second-order valence-electron chi connectivity index (χ2n) is 13.0. The molecule has 2 aliphatic carbocycles. The van der Waals surface area contributed by atoms with Gasteiger partial charge in [-0.1, -0.05) is 35.9 Å². The second kappa shape index (κ2) is 12.4. The number of carbonyl (C=O) groups is 2. The molecule has 0 aromatic heterocycles. The minimum absolute atomic E-state index is 0.00683. The first-order chi connectivity index (χ1) is 21.2. The van der Waals surface area contributed by atoms with Crippen LogP contribution in [0.25, 0.3) is 0 Å². The molecule has 2 bridgehead atoms. The van der Waals surface area contributed by atoms with E-state index in [9.17, 15) is 14.7 Å². The molecule has 1 amide bonds. The van der Waals surface area contributed by atoms with Gasteiger partial charge in [0.15, 0.2) is 5.60 Å². The predicted octanol–water partition coefficient (Wildman–Crippen LogP) is 5.02. The number of anilines is 1. The van der Waals surface area contributed by atoms with Gasteiger partial charge in [-0.3, -0.25) is 4.79 Å². The van der Waals surface area contributed by atoms with E-state index in [1.54, 1.807) is 25.1 Å². The molecule has 2 aromatic carbocycles. The lowest BCUT2D eigenvalue weighted by atomic mass is 9.68. The molecule has 6 rings (SSSR count). The van der Waals surface area contributed by atoms with Crippen LogP contribution in [0.2, 0.25) is 5.02 Å². The number of ether oxygens (including phenoxy) is 3. The lowest BCUT2D eigenvalue weighted by Gasteiger charge is -2.46. The van der Waals surface area contributed by atoms with Crippen molar-refractivity contribution in [1.82, 2.24) is 4.90 Å². The number of hydrogen-bond acceptors (Lipinski definition) is 7. The van der Waals surface area contributed by atoms with E-state index in [2.05, 4.69) is 29.2 Å². The number of aliphatic hydroxyl groups is 1. The molecule has 2 aliphatic heterocycles. The Morgan fingerprint density at radius 2 is 2.00 bits per heavy atom. The maximum atomic E-state index is 13.3. The van der Waals surface area contributed by atoms with Crippen molar-refractivity contribution in [1.29, 1.82) is 0 Å². The SMILES string of the molecule is COC(=O)[C@@]1(O)CC(=O)N(C)CC/C=C\[C@H](OC)[C@@H]2CC[C@H]2CN2C[C@@]3(CCCc4cc(Cl)ccc43)COc3ccc1cc32. The zero-order chi connectivity index (χ0) is 31.1. The number of amides is 1. The van der Waals surface area contributed by atoms with Crippen molar-refractivity contribution in [2.75, 3.05) is 52.4 Å². The van der Waals surface area contributed by atoms with Gasteiger partial charge in [-0.2, -0.15) is 0 Å². The Kier molecular flexibility index (Phi) is 8.70. The van der Waals surface area contributed by atoms with Crippen molar-refractivity contribution < 1.29 is 28.9 Å². The predicted molar refractivity (Wildman–Crippen MR) is 169 cm³/mol. The summed E-state index contributed by atoms with van der Waals surface area (Å²) in [5.41, 5.74) is 1.27. The van der Waals surface area contributed by atoms with Gasteiger partial charge in [-0.25, -0.2) is 4.79 Å². The summed E-state index contributed by atoms with van der Waals surface area (Å²) in [5.74, 6) is 0.238. The van der Waals surface area contributed by atoms with E-state index in [1.807, 2.05) is 18.2 Å². The number of hydrogen-bond donors (Lipinski definition) is 1. The van der Waals surface area contributed by atoms with Crippen LogP contribution in [-0.4, -0.2) is 75.5 Å². The minimum Gasteiger partial charge on any atom is -0.490 e. The highest BCUT2D eigenvalue weighted by molar-refractivity contribution is 6.30. The topological polar surface area (TPSA) is 88.5 Å². The van der Waals surface area contributed by atoms with E-state index in [0.717, 1.165) is 49.4 Å². The van der Waals surface area contributed by atoms with E-state index < -0.39 is 18.0 Å². The zero-order valence-electron chi connectivity index (χ0n) is 25.9. The molecular formula is C35H43ClN2O6. The fourth-order valence-electron chi connectivity index (χ4n) is 7.74. The molecule has 0 saturated heterocycles. The Balaban J connectivity index is 1.47. The Bertz CT molecular complexity index is 1450. The molecule has 0 radical (unpaired) electrons. The molecule has 5 atom stereocenters. The van der Waals surface area contributed by atoms with Crippen molar-refractivity contribution in [3.8, 4) is 5.75 Å². The molecule has 2 heterocycles. The molecule has 4 aliphatic rings. The maximum Gasteiger partial charge on any atom is 0.343 e. The third-order valence-corrected chi connectivity index (χ3v) is 10.7. The molecule has 236 valence electrons. The Morgan fingerprint density at radius 3 is 2.75 bits per heavy atom. The van der Waals surface area contributed by atoms with Crippen LogP contribution in [0.15, 0.2) is 48.6 Å². The molecule has 9 heteroatoms. The number of halogens is 1. The van der Waals surface area contributed by atoms with Crippen LogP contribution < -0.4 is 9.64 Å². The summed E-state index contributed by atoms with van der Waals surface area (Å²) in [5, 5.41) is 12.6. The average Bonchev–Trinajstić information content (AvgIpc) is 3.16. The summed E-state index contributed by atoms with van der Waals surface area (Å²) in [4.78, 5) is 30.4.